The molecule has 0 atom stereocenters. The predicted molar refractivity (Wildman–Crippen MR) is 94.5 cm³/mol. The number of rotatable bonds is 3. The van der Waals surface area contributed by atoms with Gasteiger partial charge in [-0.2, -0.15) is 20.2 Å². The number of nitriles is 1. The molecule has 128 valence electrons. The molecule has 2 heterocycles. The van der Waals surface area contributed by atoms with Crippen molar-refractivity contribution in [3.05, 3.63) is 28.5 Å². The number of nitrogen functional groups attached to an aromatic ring is 1. The van der Waals surface area contributed by atoms with Gasteiger partial charge in [0.15, 0.2) is 17.3 Å². The second-order valence-corrected chi connectivity index (χ2v) is 5.82. The maximum atomic E-state index is 9.51. The molecule has 1 aromatic carbocycles. The molecule has 0 saturated carbocycles. The van der Waals surface area contributed by atoms with E-state index in [0.717, 1.165) is 0 Å². The van der Waals surface area contributed by atoms with Crippen molar-refractivity contribution in [1.29, 1.82) is 5.26 Å². The Morgan fingerprint density at radius 1 is 1.28 bits per heavy atom. The Morgan fingerprint density at radius 3 is 2.76 bits per heavy atom. The van der Waals surface area contributed by atoms with Gasteiger partial charge in [-0.15, -0.1) is 0 Å². The third kappa shape index (κ3) is 3.56. The topological polar surface area (TPSA) is 110 Å². The Balaban J connectivity index is 2.05. The van der Waals surface area contributed by atoms with E-state index in [9.17, 15) is 5.26 Å². The first-order chi connectivity index (χ1) is 12.0. The van der Waals surface area contributed by atoms with Crippen molar-refractivity contribution in [3.63, 3.8) is 0 Å². The highest BCUT2D eigenvalue weighted by Crippen LogP contribution is 2.39. The van der Waals surface area contributed by atoms with E-state index in [1.807, 2.05) is 0 Å². The van der Waals surface area contributed by atoms with Crippen molar-refractivity contribution in [2.24, 2.45) is 0 Å². The van der Waals surface area contributed by atoms with E-state index in [2.05, 4.69) is 21.0 Å². The minimum Gasteiger partial charge on any atom is -0.486 e. The quantitative estimate of drug-likeness (QED) is 0.829. The van der Waals surface area contributed by atoms with Crippen LogP contribution in [0.3, 0.4) is 0 Å². The summed E-state index contributed by atoms with van der Waals surface area (Å²) in [5, 5.41) is 9.91. The molecule has 1 aliphatic heterocycles. The third-order valence-corrected chi connectivity index (χ3v) is 3.61. The van der Waals surface area contributed by atoms with Crippen LogP contribution in [-0.4, -0.2) is 42.3 Å². The lowest BCUT2D eigenvalue weighted by Crippen LogP contribution is -2.16. The fraction of sp³-hybridized carbons (Fsp3) is 0.250. The van der Waals surface area contributed by atoms with Crippen LogP contribution in [0.25, 0.3) is 11.6 Å². The van der Waals surface area contributed by atoms with Crippen molar-refractivity contribution in [2.45, 2.75) is 0 Å². The Hall–Kier alpha value is -3.05. The van der Waals surface area contributed by atoms with Gasteiger partial charge in [0.2, 0.25) is 11.9 Å². The zero-order chi connectivity index (χ0) is 18.0. The van der Waals surface area contributed by atoms with E-state index in [0.29, 0.717) is 41.2 Å². The monoisotopic (exact) mass is 358 g/mol. The Morgan fingerprint density at radius 2 is 2.04 bits per heavy atom. The average molecular weight is 359 g/mol. The van der Waals surface area contributed by atoms with Gasteiger partial charge in [-0.1, -0.05) is 11.6 Å². The highest BCUT2D eigenvalue weighted by atomic mass is 35.5. The molecular weight excluding hydrogens is 344 g/mol. The van der Waals surface area contributed by atoms with Crippen LogP contribution < -0.4 is 20.1 Å². The number of benzene rings is 1. The van der Waals surface area contributed by atoms with Crippen molar-refractivity contribution in [2.75, 3.05) is 37.9 Å². The molecule has 1 aliphatic rings. The molecule has 9 heteroatoms. The molecule has 0 unspecified atom stereocenters. The summed E-state index contributed by atoms with van der Waals surface area (Å²) in [6, 6.07) is 5.51. The van der Waals surface area contributed by atoms with E-state index in [-0.39, 0.29) is 17.3 Å². The number of nitrogens with two attached hydrogens (primary N) is 1. The van der Waals surface area contributed by atoms with Crippen LogP contribution in [0.2, 0.25) is 5.02 Å². The number of hydrogen-bond acceptors (Lipinski definition) is 8. The van der Waals surface area contributed by atoms with Crippen LogP contribution in [-0.2, 0) is 0 Å². The van der Waals surface area contributed by atoms with Crippen molar-refractivity contribution in [1.82, 2.24) is 15.0 Å². The minimum absolute atomic E-state index is 0.0371. The van der Waals surface area contributed by atoms with Crippen molar-refractivity contribution < 1.29 is 9.47 Å². The van der Waals surface area contributed by atoms with Gasteiger partial charge < -0.3 is 20.1 Å². The molecule has 0 saturated heterocycles. The molecule has 2 aromatic rings. The number of halogens is 1. The highest BCUT2D eigenvalue weighted by molar-refractivity contribution is 6.32. The Kier molecular flexibility index (Phi) is 4.59. The summed E-state index contributed by atoms with van der Waals surface area (Å²) in [5.74, 6) is 1.62. The standard InChI is InChI=1S/C16H15ClN6O2/c1-23(2)16-21-14(20-15(19)22-16)10(8-18)5-9-6-11(17)13-12(7-9)24-3-4-25-13/h5-7H,3-4H2,1-2H3,(H2,19,20,21,22)/b10-5+. The maximum absolute atomic E-state index is 9.51. The van der Waals surface area contributed by atoms with E-state index < -0.39 is 0 Å². The molecule has 25 heavy (non-hydrogen) atoms. The average Bonchev–Trinajstić information content (AvgIpc) is 2.59. The number of anilines is 2. The molecule has 1 aromatic heterocycles. The fourth-order valence-corrected chi connectivity index (χ4v) is 2.50. The second-order valence-electron chi connectivity index (χ2n) is 5.41. The minimum atomic E-state index is 0.0371. The zero-order valence-corrected chi connectivity index (χ0v) is 14.4. The Labute approximate surface area is 149 Å². The zero-order valence-electron chi connectivity index (χ0n) is 13.7. The normalized spacial score (nSPS) is 13.3. The van der Waals surface area contributed by atoms with Crippen LogP contribution in [0.5, 0.6) is 11.5 Å². The van der Waals surface area contributed by atoms with Gasteiger partial charge >= 0.3 is 0 Å². The predicted octanol–water partition coefficient (Wildman–Crippen LogP) is 2.01. The molecule has 0 fully saturated rings. The van der Waals surface area contributed by atoms with E-state index in [1.165, 1.54) is 0 Å². The van der Waals surface area contributed by atoms with Crippen molar-refractivity contribution >= 4 is 35.1 Å². The third-order valence-electron chi connectivity index (χ3n) is 3.33. The molecule has 8 nitrogen and oxygen atoms in total. The summed E-state index contributed by atoms with van der Waals surface area (Å²) in [7, 11) is 3.55. The van der Waals surface area contributed by atoms with Gasteiger partial charge in [0.1, 0.15) is 19.3 Å². The maximum Gasteiger partial charge on any atom is 0.230 e. The van der Waals surface area contributed by atoms with Gasteiger partial charge in [0.05, 0.1) is 10.6 Å². The first kappa shape index (κ1) is 16.8. The summed E-state index contributed by atoms with van der Waals surface area (Å²) in [6.07, 6.45) is 1.61. The van der Waals surface area contributed by atoms with Gasteiger partial charge in [-0.3, -0.25) is 0 Å². The van der Waals surface area contributed by atoms with Crippen molar-refractivity contribution in [3.8, 4) is 17.6 Å². The fourth-order valence-electron chi connectivity index (χ4n) is 2.23. The lowest BCUT2D eigenvalue weighted by molar-refractivity contribution is 0.171. The molecule has 0 aliphatic carbocycles. The molecule has 0 radical (unpaired) electrons. The summed E-state index contributed by atoms with van der Waals surface area (Å²) in [4.78, 5) is 14.0. The molecular formula is C16H15ClN6O2. The van der Waals surface area contributed by atoms with Gasteiger partial charge in [-0.25, -0.2) is 0 Å². The van der Waals surface area contributed by atoms with E-state index >= 15 is 0 Å². The number of ether oxygens (including phenoxy) is 2. The number of nitrogens with zero attached hydrogens (tertiary/aromatic N) is 5. The number of fused-ring (bicyclic) bond motifs is 1. The van der Waals surface area contributed by atoms with Crippen LogP contribution in [0, 0.1) is 11.3 Å². The number of aromatic nitrogens is 3. The largest absolute Gasteiger partial charge is 0.486 e. The van der Waals surface area contributed by atoms with E-state index in [1.54, 1.807) is 37.2 Å². The summed E-state index contributed by atoms with van der Waals surface area (Å²) in [6.45, 7) is 0.889. The first-order valence-electron chi connectivity index (χ1n) is 7.38. The summed E-state index contributed by atoms with van der Waals surface area (Å²) >= 11 is 6.23. The molecule has 2 N–H and O–H groups in total. The molecule has 3 rings (SSSR count). The van der Waals surface area contributed by atoms with Crippen LogP contribution in [0.15, 0.2) is 12.1 Å². The van der Waals surface area contributed by atoms with Gasteiger partial charge in [0, 0.05) is 14.1 Å². The lowest BCUT2D eigenvalue weighted by atomic mass is 10.1. The second kappa shape index (κ2) is 6.83. The smallest absolute Gasteiger partial charge is 0.230 e. The summed E-state index contributed by atoms with van der Waals surface area (Å²) < 4.78 is 11.0. The van der Waals surface area contributed by atoms with Crippen LogP contribution in [0.1, 0.15) is 11.4 Å². The Bertz CT molecular complexity index is 891. The SMILES string of the molecule is CN(C)c1nc(N)nc(/C(C#N)=C/c2cc(Cl)c3c(c2)OCCO3)n1. The van der Waals surface area contributed by atoms with E-state index in [4.69, 9.17) is 26.8 Å². The number of allylic oxidation sites excluding steroid dienone is 1. The van der Waals surface area contributed by atoms with Crippen LogP contribution in [0.4, 0.5) is 11.9 Å². The first-order valence-corrected chi connectivity index (χ1v) is 7.76. The molecule has 0 bridgehead atoms. The molecule has 0 spiro atoms. The summed E-state index contributed by atoms with van der Waals surface area (Å²) in [5.41, 5.74) is 6.61. The van der Waals surface area contributed by atoms with Gasteiger partial charge in [0.25, 0.3) is 0 Å². The van der Waals surface area contributed by atoms with Crippen LogP contribution >= 0.6 is 11.6 Å². The highest BCUT2D eigenvalue weighted by Gasteiger charge is 2.17. The lowest BCUT2D eigenvalue weighted by Gasteiger charge is -2.19. The molecule has 0 amide bonds. The number of hydrogen-bond donors (Lipinski definition) is 1. The van der Waals surface area contributed by atoms with Gasteiger partial charge in [-0.05, 0) is 23.8 Å².